The van der Waals surface area contributed by atoms with Crippen molar-refractivity contribution in [1.82, 2.24) is 4.90 Å². The minimum absolute atomic E-state index is 0.0764. The second kappa shape index (κ2) is 8.83. The zero-order chi connectivity index (χ0) is 13.3. The topological polar surface area (TPSA) is 93.4 Å². The van der Waals surface area contributed by atoms with Gasteiger partial charge in [-0.25, -0.2) is 0 Å². The number of hydrogen-bond acceptors (Lipinski definition) is 6. The van der Waals surface area contributed by atoms with Crippen molar-refractivity contribution in [3.8, 4) is 11.5 Å². The Morgan fingerprint density at radius 1 is 1.12 bits per heavy atom. The Kier molecular flexibility index (Phi) is 8.17. The third kappa shape index (κ3) is 9.64. The highest BCUT2D eigenvalue weighted by Gasteiger charge is 2.06. The van der Waals surface area contributed by atoms with Gasteiger partial charge in [-0.1, -0.05) is 12.1 Å². The normalized spacial score (nSPS) is 9.71. The van der Waals surface area contributed by atoms with E-state index in [1.165, 1.54) is 12.1 Å². The Morgan fingerprint density at radius 3 is 1.88 bits per heavy atom. The molecule has 4 N–H and O–H groups in total. The van der Waals surface area contributed by atoms with E-state index in [1.807, 2.05) is 19.0 Å². The molecular formula is C10H18BNO5. The highest BCUT2D eigenvalue weighted by atomic mass is 16.6. The molecule has 0 unspecified atom stereocenters. The van der Waals surface area contributed by atoms with E-state index in [4.69, 9.17) is 20.3 Å². The van der Waals surface area contributed by atoms with Gasteiger partial charge in [-0.05, 0) is 26.2 Å². The minimum atomic E-state index is -1.63. The van der Waals surface area contributed by atoms with Gasteiger partial charge in [-0.15, -0.1) is 0 Å². The molecule has 0 fully saturated rings. The molecule has 0 radical (unpaired) electrons. The summed E-state index contributed by atoms with van der Waals surface area (Å²) in [5, 5.41) is 33.7. The predicted octanol–water partition coefficient (Wildman–Crippen LogP) is -0.368. The molecule has 6 nitrogen and oxygen atoms in total. The number of phenolic OH excluding ortho intramolecular Hbond substituents is 2. The van der Waals surface area contributed by atoms with E-state index >= 15 is 0 Å². The first-order valence-corrected chi connectivity index (χ1v) is 5.03. The van der Waals surface area contributed by atoms with Crippen LogP contribution in [0.1, 0.15) is 0 Å². The Hall–Kier alpha value is -1.28. The van der Waals surface area contributed by atoms with Crippen molar-refractivity contribution < 1.29 is 24.9 Å². The van der Waals surface area contributed by atoms with E-state index in [9.17, 15) is 0 Å². The quantitative estimate of drug-likeness (QED) is 0.426. The summed E-state index contributed by atoms with van der Waals surface area (Å²) in [6, 6.07) is 6.15. The van der Waals surface area contributed by atoms with Gasteiger partial charge in [0.2, 0.25) is 0 Å². The number of phenols is 2. The van der Waals surface area contributed by atoms with E-state index in [1.54, 1.807) is 12.1 Å². The van der Waals surface area contributed by atoms with Crippen molar-refractivity contribution in [2.75, 3.05) is 27.2 Å². The standard InChI is InChI=1S/C6H6O2.C4H12BNO3/c7-5-3-1-2-4-6(5)8;1-6(2)3-4-9-5(7)8/h1-4,7-8H;7-8H,3-4H2,1-2H3. The van der Waals surface area contributed by atoms with E-state index < -0.39 is 7.32 Å². The summed E-state index contributed by atoms with van der Waals surface area (Å²) in [6.45, 7) is 1.03. The van der Waals surface area contributed by atoms with Gasteiger partial charge >= 0.3 is 7.32 Å². The highest BCUT2D eigenvalue weighted by molar-refractivity contribution is 6.32. The molecule has 1 aromatic carbocycles. The lowest BCUT2D eigenvalue weighted by Gasteiger charge is -2.08. The summed E-state index contributed by atoms with van der Waals surface area (Å²) in [5.41, 5.74) is 0. The van der Waals surface area contributed by atoms with E-state index in [0.29, 0.717) is 13.2 Å². The number of benzene rings is 1. The zero-order valence-electron chi connectivity index (χ0n) is 9.95. The predicted molar refractivity (Wildman–Crippen MR) is 64.5 cm³/mol. The first-order chi connectivity index (χ1) is 7.93. The summed E-state index contributed by atoms with van der Waals surface area (Å²) >= 11 is 0. The third-order valence-electron chi connectivity index (χ3n) is 1.69. The van der Waals surface area contributed by atoms with Crippen molar-refractivity contribution >= 4 is 7.32 Å². The van der Waals surface area contributed by atoms with Crippen LogP contribution in [-0.4, -0.2) is 59.7 Å². The highest BCUT2D eigenvalue weighted by Crippen LogP contribution is 2.21. The largest absolute Gasteiger partial charge is 0.633 e. The van der Waals surface area contributed by atoms with Gasteiger partial charge in [-0.2, -0.15) is 0 Å². The first-order valence-electron chi connectivity index (χ1n) is 5.03. The third-order valence-corrected chi connectivity index (χ3v) is 1.69. The molecule has 0 atom stereocenters. The Morgan fingerprint density at radius 2 is 1.59 bits per heavy atom. The fraction of sp³-hybridized carbons (Fsp3) is 0.400. The van der Waals surface area contributed by atoms with Crippen LogP contribution in [0.2, 0.25) is 0 Å². The van der Waals surface area contributed by atoms with Gasteiger partial charge in [0.05, 0.1) is 0 Å². The van der Waals surface area contributed by atoms with Crippen LogP contribution in [0.25, 0.3) is 0 Å². The summed E-state index contributed by atoms with van der Waals surface area (Å²) < 4.78 is 4.42. The second-order valence-corrected chi connectivity index (χ2v) is 3.49. The first kappa shape index (κ1) is 15.7. The number of rotatable bonds is 4. The average Bonchev–Trinajstić information content (AvgIpc) is 2.22. The molecule has 17 heavy (non-hydrogen) atoms. The second-order valence-electron chi connectivity index (χ2n) is 3.49. The smallest absolute Gasteiger partial charge is 0.504 e. The van der Waals surface area contributed by atoms with Crippen LogP contribution in [0.3, 0.4) is 0 Å². The maximum atomic E-state index is 8.67. The summed E-state index contributed by atoms with van der Waals surface area (Å²) in [7, 11) is 2.13. The van der Waals surface area contributed by atoms with Crippen molar-refractivity contribution in [1.29, 1.82) is 0 Å². The van der Waals surface area contributed by atoms with Crippen LogP contribution in [0.15, 0.2) is 24.3 Å². The molecule has 7 heteroatoms. The lowest BCUT2D eigenvalue weighted by molar-refractivity contribution is 0.169. The fourth-order valence-corrected chi connectivity index (χ4v) is 0.805. The van der Waals surface area contributed by atoms with Gasteiger partial charge in [0.15, 0.2) is 11.5 Å². The summed E-state index contributed by atoms with van der Waals surface area (Å²) in [5.74, 6) is -0.153. The maximum Gasteiger partial charge on any atom is 0.633 e. The molecule has 0 spiro atoms. The monoisotopic (exact) mass is 243 g/mol. The molecule has 0 bridgehead atoms. The number of hydrogen-bond donors (Lipinski definition) is 4. The molecule has 96 valence electrons. The number of nitrogens with zero attached hydrogens (tertiary/aromatic N) is 1. The van der Waals surface area contributed by atoms with E-state index in [2.05, 4.69) is 4.65 Å². The molecule has 1 aromatic rings. The van der Waals surface area contributed by atoms with Crippen LogP contribution < -0.4 is 0 Å². The van der Waals surface area contributed by atoms with Crippen molar-refractivity contribution in [3.63, 3.8) is 0 Å². The number of likely N-dealkylation sites (N-methyl/N-ethyl adjacent to an activating group) is 1. The average molecular weight is 243 g/mol. The molecule has 0 saturated carbocycles. The fourth-order valence-electron chi connectivity index (χ4n) is 0.805. The van der Waals surface area contributed by atoms with Gasteiger partial charge in [-0.3, -0.25) is 0 Å². The molecule has 0 heterocycles. The van der Waals surface area contributed by atoms with Gasteiger partial charge in [0.25, 0.3) is 0 Å². The van der Waals surface area contributed by atoms with Crippen LogP contribution in [0, 0.1) is 0 Å². The van der Waals surface area contributed by atoms with Gasteiger partial charge in [0.1, 0.15) is 0 Å². The van der Waals surface area contributed by atoms with Gasteiger partial charge in [0, 0.05) is 13.2 Å². The zero-order valence-corrected chi connectivity index (χ0v) is 9.95. The molecule has 1 rings (SSSR count). The molecular weight excluding hydrogens is 225 g/mol. The molecule has 0 aliphatic carbocycles. The lowest BCUT2D eigenvalue weighted by Crippen LogP contribution is -2.24. The SMILES string of the molecule is CN(C)CCOB(O)O.Oc1ccccc1O. The molecule has 0 saturated heterocycles. The molecule has 0 aliphatic heterocycles. The van der Waals surface area contributed by atoms with Gasteiger partial charge < -0.3 is 29.8 Å². The van der Waals surface area contributed by atoms with Crippen LogP contribution in [0.5, 0.6) is 11.5 Å². The van der Waals surface area contributed by atoms with Crippen molar-refractivity contribution in [2.24, 2.45) is 0 Å². The van der Waals surface area contributed by atoms with Crippen molar-refractivity contribution in [3.05, 3.63) is 24.3 Å². The van der Waals surface area contributed by atoms with E-state index in [-0.39, 0.29) is 11.5 Å². The van der Waals surface area contributed by atoms with Crippen molar-refractivity contribution in [2.45, 2.75) is 0 Å². The molecule has 0 aromatic heterocycles. The number of aromatic hydroxyl groups is 2. The lowest BCUT2D eigenvalue weighted by atomic mass is 10.3. The summed E-state index contributed by atoms with van der Waals surface area (Å²) in [4.78, 5) is 1.89. The molecule has 0 amide bonds. The Bertz CT molecular complexity index is 280. The Balaban J connectivity index is 0.000000302. The number of para-hydroxylation sites is 2. The van der Waals surface area contributed by atoms with Crippen LogP contribution in [0.4, 0.5) is 0 Å². The van der Waals surface area contributed by atoms with E-state index in [0.717, 1.165) is 0 Å². The minimum Gasteiger partial charge on any atom is -0.504 e. The summed E-state index contributed by atoms with van der Waals surface area (Å²) in [6.07, 6.45) is 0. The maximum absolute atomic E-state index is 8.67. The molecule has 0 aliphatic rings. The van der Waals surface area contributed by atoms with Crippen LogP contribution in [-0.2, 0) is 4.65 Å². The Labute approximate surface area is 101 Å². The van der Waals surface area contributed by atoms with Crippen LogP contribution >= 0.6 is 0 Å².